The molecule has 158 valence electrons. The maximum Gasteiger partial charge on any atom is 0.321 e. The summed E-state index contributed by atoms with van der Waals surface area (Å²) >= 11 is 1.27. The fraction of sp³-hybridized carbons (Fsp3) is 0.579. The number of hydrogen-bond acceptors (Lipinski definition) is 7. The smallest absolute Gasteiger partial charge is 0.321 e. The van der Waals surface area contributed by atoms with Gasteiger partial charge in [-0.25, -0.2) is 4.79 Å². The van der Waals surface area contributed by atoms with Crippen molar-refractivity contribution in [3.05, 3.63) is 24.2 Å². The van der Waals surface area contributed by atoms with Crippen molar-refractivity contribution in [1.29, 1.82) is 0 Å². The number of amides is 3. The van der Waals surface area contributed by atoms with Crippen molar-refractivity contribution in [2.75, 3.05) is 25.0 Å². The molecule has 0 unspecified atom stereocenters. The van der Waals surface area contributed by atoms with Crippen molar-refractivity contribution in [3.63, 3.8) is 0 Å². The van der Waals surface area contributed by atoms with Crippen LogP contribution in [0.2, 0.25) is 0 Å². The number of imide groups is 1. The number of nitrogens with zero attached hydrogens (tertiary/aromatic N) is 4. The van der Waals surface area contributed by atoms with Gasteiger partial charge in [0.2, 0.25) is 11.9 Å². The van der Waals surface area contributed by atoms with Crippen molar-refractivity contribution in [2.45, 2.75) is 44.1 Å². The minimum absolute atomic E-state index is 0.385. The Balaban J connectivity index is 1.83. The minimum Gasteiger partial charge on any atom is -0.467 e. The number of furan rings is 1. The minimum atomic E-state index is -0.531. The van der Waals surface area contributed by atoms with Crippen molar-refractivity contribution in [2.24, 2.45) is 11.8 Å². The third-order valence-electron chi connectivity index (χ3n) is 4.86. The first kappa shape index (κ1) is 21.2. The Kier molecular flexibility index (Phi) is 6.83. The third-order valence-corrected chi connectivity index (χ3v) is 5.94. The van der Waals surface area contributed by atoms with Gasteiger partial charge in [0.15, 0.2) is 5.16 Å². The summed E-state index contributed by atoms with van der Waals surface area (Å²) in [6, 6.07) is 3.22. The predicted octanol–water partition coefficient (Wildman–Crippen LogP) is 2.34. The summed E-state index contributed by atoms with van der Waals surface area (Å²) in [6.07, 6.45) is 2.83. The maximum absolute atomic E-state index is 12.3. The second kappa shape index (κ2) is 9.34. The zero-order valence-corrected chi connectivity index (χ0v) is 18.0. The van der Waals surface area contributed by atoms with E-state index in [1.54, 1.807) is 13.2 Å². The molecular weight excluding hydrogens is 392 g/mol. The van der Waals surface area contributed by atoms with Gasteiger partial charge in [0.05, 0.1) is 18.1 Å². The number of carbonyl (C=O) groups is 2. The number of urea groups is 1. The van der Waals surface area contributed by atoms with Crippen LogP contribution < -0.4 is 15.5 Å². The Morgan fingerprint density at radius 1 is 1.31 bits per heavy atom. The molecule has 1 aliphatic heterocycles. The predicted molar refractivity (Wildman–Crippen MR) is 111 cm³/mol. The van der Waals surface area contributed by atoms with Gasteiger partial charge in [0.1, 0.15) is 5.76 Å². The molecular formula is C19H28N6O3S. The zero-order valence-electron chi connectivity index (χ0n) is 17.2. The molecule has 1 aliphatic rings. The van der Waals surface area contributed by atoms with Gasteiger partial charge in [-0.05, 0) is 37.3 Å². The molecule has 0 aliphatic carbocycles. The lowest BCUT2D eigenvalue weighted by Gasteiger charge is -2.35. The van der Waals surface area contributed by atoms with Crippen LogP contribution in [-0.2, 0) is 11.3 Å². The molecule has 29 heavy (non-hydrogen) atoms. The molecule has 2 aromatic rings. The third kappa shape index (κ3) is 5.31. The van der Waals surface area contributed by atoms with E-state index in [9.17, 15) is 9.59 Å². The lowest BCUT2D eigenvalue weighted by atomic mass is 9.92. The molecule has 0 radical (unpaired) electrons. The topological polar surface area (TPSA) is 105 Å². The number of nitrogens with one attached hydrogen (secondary N) is 2. The van der Waals surface area contributed by atoms with Gasteiger partial charge in [-0.2, -0.15) is 0 Å². The van der Waals surface area contributed by atoms with Crippen LogP contribution >= 0.6 is 11.8 Å². The van der Waals surface area contributed by atoms with Crippen LogP contribution in [0.4, 0.5) is 10.7 Å². The van der Waals surface area contributed by atoms with E-state index in [4.69, 9.17) is 4.42 Å². The van der Waals surface area contributed by atoms with Crippen LogP contribution in [0.15, 0.2) is 28.0 Å². The highest BCUT2D eigenvalue weighted by Gasteiger charge is 2.28. The summed E-state index contributed by atoms with van der Waals surface area (Å²) in [5, 5.41) is 13.6. The highest BCUT2D eigenvalue weighted by molar-refractivity contribution is 8.00. The fourth-order valence-corrected chi connectivity index (χ4v) is 4.46. The van der Waals surface area contributed by atoms with Crippen LogP contribution in [0, 0.1) is 11.8 Å². The molecule has 10 heteroatoms. The molecule has 3 amide bonds. The lowest BCUT2D eigenvalue weighted by molar-refractivity contribution is -0.119. The summed E-state index contributed by atoms with van der Waals surface area (Å²) in [6.45, 7) is 8.53. The molecule has 0 spiro atoms. The largest absolute Gasteiger partial charge is 0.467 e. The first-order valence-corrected chi connectivity index (χ1v) is 10.6. The van der Waals surface area contributed by atoms with Gasteiger partial charge in [-0.3, -0.25) is 14.7 Å². The van der Waals surface area contributed by atoms with Gasteiger partial charge in [0, 0.05) is 20.1 Å². The number of carbonyl (C=O) groups excluding carboxylic acids is 2. The average Bonchev–Trinajstić information content (AvgIpc) is 3.31. The molecule has 3 rings (SSSR count). The second-order valence-electron chi connectivity index (χ2n) is 7.63. The molecule has 2 aromatic heterocycles. The van der Waals surface area contributed by atoms with Crippen LogP contribution in [0.3, 0.4) is 0 Å². The highest BCUT2D eigenvalue weighted by Crippen LogP contribution is 2.30. The van der Waals surface area contributed by atoms with E-state index < -0.39 is 11.3 Å². The summed E-state index contributed by atoms with van der Waals surface area (Å²) in [4.78, 5) is 25.9. The van der Waals surface area contributed by atoms with Crippen molar-refractivity contribution in [1.82, 2.24) is 25.4 Å². The number of rotatable bonds is 6. The van der Waals surface area contributed by atoms with Crippen LogP contribution in [0.5, 0.6) is 0 Å². The van der Waals surface area contributed by atoms with Crippen molar-refractivity contribution < 1.29 is 14.0 Å². The Morgan fingerprint density at radius 3 is 2.66 bits per heavy atom. The van der Waals surface area contributed by atoms with Crippen LogP contribution in [0.1, 0.15) is 33.0 Å². The Morgan fingerprint density at radius 2 is 2.03 bits per heavy atom. The quantitative estimate of drug-likeness (QED) is 0.691. The zero-order chi connectivity index (χ0) is 21.0. The van der Waals surface area contributed by atoms with E-state index in [0.29, 0.717) is 23.5 Å². The molecule has 1 saturated heterocycles. The Bertz CT molecular complexity index is 827. The molecule has 0 saturated carbocycles. The number of piperidine rings is 1. The molecule has 2 N–H and O–H groups in total. The van der Waals surface area contributed by atoms with Gasteiger partial charge < -0.3 is 14.6 Å². The molecule has 0 aromatic carbocycles. The first-order chi connectivity index (χ1) is 13.9. The summed E-state index contributed by atoms with van der Waals surface area (Å²) in [7, 11) is 1.47. The Labute approximate surface area is 174 Å². The molecule has 3 atom stereocenters. The first-order valence-electron chi connectivity index (χ1n) is 9.77. The highest BCUT2D eigenvalue weighted by atomic mass is 32.2. The van der Waals surface area contributed by atoms with E-state index in [2.05, 4.69) is 39.6 Å². The summed E-state index contributed by atoms with van der Waals surface area (Å²) in [5.41, 5.74) is 0. The van der Waals surface area contributed by atoms with Crippen molar-refractivity contribution in [3.8, 4) is 0 Å². The average molecular weight is 421 g/mol. The van der Waals surface area contributed by atoms with E-state index in [-0.39, 0.29) is 5.91 Å². The molecule has 3 heterocycles. The number of anilines is 1. The summed E-state index contributed by atoms with van der Waals surface area (Å²) < 4.78 is 7.51. The van der Waals surface area contributed by atoms with E-state index in [1.807, 2.05) is 16.7 Å². The van der Waals surface area contributed by atoms with Crippen LogP contribution in [0.25, 0.3) is 0 Å². The van der Waals surface area contributed by atoms with E-state index in [0.717, 1.165) is 24.8 Å². The van der Waals surface area contributed by atoms with Gasteiger partial charge in [-0.15, -0.1) is 10.2 Å². The Hall–Kier alpha value is -2.49. The van der Waals surface area contributed by atoms with E-state index in [1.165, 1.54) is 25.2 Å². The van der Waals surface area contributed by atoms with Crippen LogP contribution in [-0.4, -0.2) is 52.1 Å². The van der Waals surface area contributed by atoms with Crippen molar-refractivity contribution >= 4 is 29.6 Å². The molecule has 9 nitrogen and oxygen atoms in total. The number of hydrogen-bond donors (Lipinski definition) is 2. The molecule has 0 bridgehead atoms. The maximum atomic E-state index is 12.3. The van der Waals surface area contributed by atoms with Gasteiger partial charge in [0.25, 0.3) is 0 Å². The van der Waals surface area contributed by atoms with E-state index >= 15 is 0 Å². The number of aromatic nitrogens is 3. The van der Waals surface area contributed by atoms with Gasteiger partial charge >= 0.3 is 6.03 Å². The standard InChI is InChI=1S/C19H28N6O3S/c1-12-8-13(2)10-24(9-12)18-22-23-19(25(18)11-15-6-5-7-28-15)29-14(3)16(26)21-17(27)20-4/h5-7,12-14H,8-11H2,1-4H3,(H2,20,21,26,27)/t12-,13+,14-/m0/s1. The number of thioether (sulfide) groups is 1. The molecule has 1 fully saturated rings. The normalized spacial score (nSPS) is 20.3. The monoisotopic (exact) mass is 420 g/mol. The SMILES string of the molecule is CNC(=O)NC(=O)[C@H](C)Sc1nnc(N2C[C@H](C)C[C@H](C)C2)n1Cc1ccco1. The lowest BCUT2D eigenvalue weighted by Crippen LogP contribution is -2.41. The summed E-state index contributed by atoms with van der Waals surface area (Å²) in [5.74, 6) is 2.32. The second-order valence-corrected chi connectivity index (χ2v) is 8.94. The van der Waals surface area contributed by atoms with Gasteiger partial charge in [-0.1, -0.05) is 25.6 Å². The fourth-order valence-electron chi connectivity index (χ4n) is 3.61.